The average molecular weight is 218 g/mol. The molecule has 0 aliphatic rings. The highest BCUT2D eigenvalue weighted by Crippen LogP contribution is 2.19. The molecule has 1 aromatic rings. The molecule has 0 N–H and O–H groups in total. The first-order valence-electron chi connectivity index (χ1n) is 5.61. The number of hydrogen-bond acceptors (Lipinski definition) is 2. The van der Waals surface area contributed by atoms with Crippen LogP contribution < -0.4 is 4.90 Å². The van der Waals surface area contributed by atoms with E-state index in [1.54, 1.807) is 0 Å². The molecule has 0 amide bonds. The van der Waals surface area contributed by atoms with Crippen molar-refractivity contribution in [3.8, 4) is 0 Å². The van der Waals surface area contributed by atoms with Crippen LogP contribution in [0.4, 0.5) is 5.69 Å². The van der Waals surface area contributed by atoms with Crippen LogP contribution in [0.3, 0.4) is 0 Å². The third kappa shape index (κ3) is 3.48. The first-order chi connectivity index (χ1) is 7.79. The Bertz CT molecular complexity index is 369. The summed E-state index contributed by atoms with van der Waals surface area (Å²) >= 11 is 0. The van der Waals surface area contributed by atoms with Crippen molar-refractivity contribution in [2.24, 2.45) is 5.11 Å². The molecule has 0 aromatic heterocycles. The monoisotopic (exact) mass is 218 g/mol. The van der Waals surface area contributed by atoms with Crippen molar-refractivity contribution in [2.45, 2.75) is 20.3 Å². The zero-order valence-corrected chi connectivity index (χ0v) is 9.93. The van der Waals surface area contributed by atoms with Crippen molar-refractivity contribution in [1.82, 2.24) is 0 Å². The zero-order chi connectivity index (χ0) is 11.8. The smallest absolute Gasteiger partial charge is 0.0395 e. The van der Waals surface area contributed by atoms with Gasteiger partial charge in [-0.3, -0.25) is 0 Å². The highest BCUT2D eigenvalue weighted by molar-refractivity contribution is 5.52. The Balaban J connectivity index is 2.60. The molecular formula is C12H18N4. The zero-order valence-electron chi connectivity index (χ0n) is 9.93. The second-order valence-electron chi connectivity index (χ2n) is 3.67. The molecular weight excluding hydrogens is 200 g/mol. The van der Waals surface area contributed by atoms with Gasteiger partial charge < -0.3 is 4.90 Å². The van der Waals surface area contributed by atoms with Crippen molar-refractivity contribution in [3.05, 3.63) is 40.3 Å². The molecule has 86 valence electrons. The molecule has 0 radical (unpaired) electrons. The summed E-state index contributed by atoms with van der Waals surface area (Å²) < 4.78 is 0. The number of azide groups is 1. The number of rotatable bonds is 6. The van der Waals surface area contributed by atoms with Crippen LogP contribution >= 0.6 is 0 Å². The molecule has 0 aliphatic carbocycles. The van der Waals surface area contributed by atoms with E-state index in [9.17, 15) is 0 Å². The highest BCUT2D eigenvalue weighted by Gasteiger charge is 2.05. The van der Waals surface area contributed by atoms with Crippen LogP contribution in [0.15, 0.2) is 29.4 Å². The Kier molecular flexibility index (Phi) is 5.23. The van der Waals surface area contributed by atoms with Gasteiger partial charge in [-0.25, -0.2) is 0 Å². The Labute approximate surface area is 96.5 Å². The second kappa shape index (κ2) is 6.75. The first kappa shape index (κ1) is 12.4. The molecule has 1 rings (SSSR count). The normalized spacial score (nSPS) is 9.62. The maximum absolute atomic E-state index is 8.19. The van der Waals surface area contributed by atoms with Crippen LogP contribution in [0.5, 0.6) is 0 Å². The maximum atomic E-state index is 8.19. The fourth-order valence-electron chi connectivity index (χ4n) is 1.74. The lowest BCUT2D eigenvalue weighted by atomic mass is 10.2. The van der Waals surface area contributed by atoms with Crippen molar-refractivity contribution >= 4 is 5.69 Å². The summed E-state index contributed by atoms with van der Waals surface area (Å²) in [5.74, 6) is 0. The van der Waals surface area contributed by atoms with Gasteiger partial charge in [-0.1, -0.05) is 23.3 Å². The molecule has 0 aliphatic heterocycles. The summed E-state index contributed by atoms with van der Waals surface area (Å²) in [5.41, 5.74) is 10.7. The quantitative estimate of drug-likeness (QED) is 0.312. The summed E-state index contributed by atoms with van der Waals surface area (Å²) in [5, 5.41) is 3.55. The van der Waals surface area contributed by atoms with Crippen molar-refractivity contribution in [3.63, 3.8) is 0 Å². The molecule has 0 atom stereocenters. The Morgan fingerprint density at radius 1 is 1.38 bits per heavy atom. The van der Waals surface area contributed by atoms with Gasteiger partial charge in [-0.2, -0.15) is 0 Å². The molecule has 0 bridgehead atoms. The minimum absolute atomic E-state index is 0.568. The lowest BCUT2D eigenvalue weighted by Gasteiger charge is -2.24. The van der Waals surface area contributed by atoms with Crippen LogP contribution in [0.1, 0.15) is 18.9 Å². The minimum atomic E-state index is 0.568. The summed E-state index contributed by atoms with van der Waals surface area (Å²) in [7, 11) is 0. The van der Waals surface area contributed by atoms with E-state index >= 15 is 0 Å². The summed E-state index contributed by atoms with van der Waals surface area (Å²) in [6.45, 7) is 6.73. The average Bonchev–Trinajstić information content (AvgIpc) is 2.31. The number of aryl methyl sites for hydroxylation is 1. The largest absolute Gasteiger partial charge is 0.372 e. The van der Waals surface area contributed by atoms with Crippen molar-refractivity contribution in [1.29, 1.82) is 0 Å². The topological polar surface area (TPSA) is 52.0 Å². The van der Waals surface area contributed by atoms with E-state index in [1.807, 2.05) is 6.07 Å². The van der Waals surface area contributed by atoms with Crippen molar-refractivity contribution < 1.29 is 0 Å². The summed E-state index contributed by atoms with van der Waals surface area (Å²) in [6.07, 6.45) is 0.895. The summed E-state index contributed by atoms with van der Waals surface area (Å²) in [4.78, 5) is 5.06. The molecule has 0 saturated heterocycles. The van der Waals surface area contributed by atoms with Gasteiger partial charge in [0.1, 0.15) is 0 Å². The third-order valence-corrected chi connectivity index (χ3v) is 2.59. The predicted molar refractivity (Wildman–Crippen MR) is 67.7 cm³/mol. The molecule has 0 heterocycles. The van der Waals surface area contributed by atoms with E-state index in [0.29, 0.717) is 6.54 Å². The predicted octanol–water partition coefficient (Wildman–Crippen LogP) is 3.52. The van der Waals surface area contributed by atoms with Gasteiger partial charge in [0.15, 0.2) is 0 Å². The van der Waals surface area contributed by atoms with Gasteiger partial charge >= 0.3 is 0 Å². The van der Waals surface area contributed by atoms with Gasteiger partial charge in [0, 0.05) is 30.2 Å². The van der Waals surface area contributed by atoms with Gasteiger partial charge in [0.2, 0.25) is 0 Å². The molecule has 4 nitrogen and oxygen atoms in total. The van der Waals surface area contributed by atoms with Crippen molar-refractivity contribution in [2.75, 3.05) is 24.5 Å². The molecule has 0 spiro atoms. The molecule has 4 heteroatoms. The van der Waals surface area contributed by atoms with Gasteiger partial charge in [0.25, 0.3) is 0 Å². The number of benzene rings is 1. The minimum Gasteiger partial charge on any atom is -0.372 e. The van der Waals surface area contributed by atoms with Gasteiger partial charge in [-0.15, -0.1) is 0 Å². The number of hydrogen-bond donors (Lipinski definition) is 0. The van der Waals surface area contributed by atoms with Crippen LogP contribution in [-0.2, 0) is 0 Å². The van der Waals surface area contributed by atoms with E-state index in [4.69, 9.17) is 5.53 Å². The Morgan fingerprint density at radius 3 is 2.75 bits per heavy atom. The molecule has 16 heavy (non-hydrogen) atoms. The molecule has 0 unspecified atom stereocenters. The first-order valence-corrected chi connectivity index (χ1v) is 5.61. The fourth-order valence-corrected chi connectivity index (χ4v) is 1.74. The lowest BCUT2D eigenvalue weighted by Crippen LogP contribution is -2.25. The van der Waals surface area contributed by atoms with E-state index in [2.05, 4.69) is 47.0 Å². The standard InChI is InChI=1S/C12H18N4/c1-3-16(10-6-9-14-15-13)12-8-5-4-7-11(12)2/h4-5,7-8H,3,6,9-10H2,1-2H3. The Hall–Kier alpha value is -1.67. The van der Waals surface area contributed by atoms with Crippen LogP contribution in [0.2, 0.25) is 0 Å². The van der Waals surface area contributed by atoms with Crippen LogP contribution in [0.25, 0.3) is 10.4 Å². The number of anilines is 1. The van der Waals surface area contributed by atoms with E-state index in [-0.39, 0.29) is 0 Å². The van der Waals surface area contributed by atoms with Gasteiger partial charge in [0.05, 0.1) is 0 Å². The highest BCUT2D eigenvalue weighted by atomic mass is 15.1. The van der Waals surface area contributed by atoms with E-state index in [0.717, 1.165) is 19.5 Å². The summed E-state index contributed by atoms with van der Waals surface area (Å²) in [6, 6.07) is 8.35. The molecule has 1 aromatic carbocycles. The third-order valence-electron chi connectivity index (χ3n) is 2.59. The van der Waals surface area contributed by atoms with Gasteiger partial charge in [-0.05, 0) is 37.4 Å². The number of para-hydroxylation sites is 1. The molecule has 0 saturated carbocycles. The number of nitrogens with zero attached hydrogens (tertiary/aromatic N) is 4. The lowest BCUT2D eigenvalue weighted by molar-refractivity contribution is 0.750. The van der Waals surface area contributed by atoms with Crippen LogP contribution in [0, 0.1) is 6.92 Å². The Morgan fingerprint density at radius 2 is 2.12 bits per heavy atom. The molecule has 0 fully saturated rings. The van der Waals surface area contributed by atoms with E-state index < -0.39 is 0 Å². The fraction of sp³-hybridized carbons (Fsp3) is 0.500. The SMILES string of the molecule is CCN(CCCN=[N+]=[N-])c1ccccc1C. The van der Waals surface area contributed by atoms with Crippen LogP contribution in [-0.4, -0.2) is 19.6 Å². The maximum Gasteiger partial charge on any atom is 0.0395 e. The second-order valence-corrected chi connectivity index (χ2v) is 3.67. The van der Waals surface area contributed by atoms with E-state index in [1.165, 1.54) is 11.3 Å².